The lowest BCUT2D eigenvalue weighted by Crippen LogP contribution is -2.30. The van der Waals surface area contributed by atoms with Gasteiger partial charge in [-0.3, -0.25) is 4.79 Å². The summed E-state index contributed by atoms with van der Waals surface area (Å²) in [4.78, 5) is 15.7. The molecule has 1 amide bonds. The Labute approximate surface area is 190 Å². The summed E-state index contributed by atoms with van der Waals surface area (Å²) >= 11 is 0. The number of rotatable bonds is 3. The average Bonchev–Trinajstić information content (AvgIpc) is 3.11. The molecule has 0 spiro atoms. The number of carbonyl (C=O) groups excluding carboxylic acids is 1. The number of carbonyl (C=O) groups is 1. The minimum absolute atomic E-state index is 0.0326. The molecule has 1 saturated heterocycles. The highest BCUT2D eigenvalue weighted by Gasteiger charge is 2.50. The van der Waals surface area contributed by atoms with Crippen LogP contribution in [0.25, 0.3) is 0 Å². The summed E-state index contributed by atoms with van der Waals surface area (Å²) in [6.07, 6.45) is 5.51. The zero-order valence-electron chi connectivity index (χ0n) is 18.3. The zero-order valence-corrected chi connectivity index (χ0v) is 18.3. The third-order valence-corrected chi connectivity index (χ3v) is 6.71. The molecule has 5 rings (SSSR count). The van der Waals surface area contributed by atoms with Gasteiger partial charge in [-0.05, 0) is 47.7 Å². The molecule has 1 aliphatic heterocycles. The Morgan fingerprint density at radius 1 is 0.875 bits per heavy atom. The zero-order chi connectivity index (χ0) is 21.9. The van der Waals surface area contributed by atoms with Crippen molar-refractivity contribution < 1.29 is 4.79 Å². The molecule has 3 aromatic carbocycles. The summed E-state index contributed by atoms with van der Waals surface area (Å²) in [6.45, 7) is 2.85. The van der Waals surface area contributed by atoms with Gasteiger partial charge in [-0.1, -0.05) is 91.6 Å². The minimum Gasteiger partial charge on any atom is -0.330 e. The summed E-state index contributed by atoms with van der Waals surface area (Å²) in [5, 5.41) is 0. The van der Waals surface area contributed by atoms with Gasteiger partial charge in [0, 0.05) is 29.5 Å². The maximum absolute atomic E-state index is 13.6. The number of hydrogen-bond donors (Lipinski definition) is 0. The van der Waals surface area contributed by atoms with Crippen molar-refractivity contribution in [2.45, 2.75) is 25.9 Å². The molecule has 0 radical (unpaired) electrons. The maximum Gasteiger partial charge on any atom is 0.227 e. The predicted molar refractivity (Wildman–Crippen MR) is 128 cm³/mol. The average molecular weight is 418 g/mol. The Morgan fingerprint density at radius 2 is 1.56 bits per heavy atom. The fourth-order valence-electron chi connectivity index (χ4n) is 5.17. The second-order valence-electron chi connectivity index (χ2n) is 8.88. The van der Waals surface area contributed by atoms with E-state index in [1.807, 2.05) is 48.5 Å². The van der Waals surface area contributed by atoms with E-state index in [2.05, 4.69) is 72.2 Å². The molecule has 4 atom stereocenters. The van der Waals surface area contributed by atoms with E-state index < -0.39 is 0 Å². The third-order valence-electron chi connectivity index (χ3n) is 6.71. The van der Waals surface area contributed by atoms with Gasteiger partial charge in [0.1, 0.15) is 0 Å². The smallest absolute Gasteiger partial charge is 0.227 e. The molecule has 158 valence electrons. The van der Waals surface area contributed by atoms with Crippen molar-refractivity contribution in [2.24, 2.45) is 17.8 Å². The Balaban J connectivity index is 1.52. The first kappa shape index (κ1) is 20.3. The predicted octanol–water partition coefficient (Wildman–Crippen LogP) is 6.00. The van der Waals surface area contributed by atoms with E-state index in [1.165, 1.54) is 11.1 Å². The summed E-state index contributed by atoms with van der Waals surface area (Å²) in [5.74, 6) is 7.46. The Hall–Kier alpha value is -3.57. The van der Waals surface area contributed by atoms with Crippen LogP contribution in [0.15, 0.2) is 97.1 Å². The number of benzene rings is 3. The van der Waals surface area contributed by atoms with Gasteiger partial charge in [0.15, 0.2) is 0 Å². The molecule has 0 unspecified atom stereocenters. The molecule has 3 aromatic rings. The molecule has 0 bridgehead atoms. The van der Waals surface area contributed by atoms with Crippen molar-refractivity contribution in [1.29, 1.82) is 0 Å². The quantitative estimate of drug-likeness (QED) is 0.378. The van der Waals surface area contributed by atoms with Gasteiger partial charge in [0.25, 0.3) is 0 Å². The van der Waals surface area contributed by atoms with Crippen LogP contribution >= 0.6 is 0 Å². The van der Waals surface area contributed by atoms with Crippen molar-refractivity contribution in [3.63, 3.8) is 0 Å². The van der Waals surface area contributed by atoms with Gasteiger partial charge >= 0.3 is 0 Å². The molecule has 0 aromatic heterocycles. The van der Waals surface area contributed by atoms with Crippen LogP contribution in [0.2, 0.25) is 0 Å². The highest BCUT2D eigenvalue weighted by molar-refractivity contribution is 5.83. The highest BCUT2D eigenvalue weighted by atomic mass is 16.2. The fourth-order valence-corrected chi connectivity index (χ4v) is 5.17. The molecule has 1 fully saturated rings. The Kier molecular flexibility index (Phi) is 5.65. The Morgan fingerprint density at radius 3 is 2.34 bits per heavy atom. The van der Waals surface area contributed by atoms with Gasteiger partial charge < -0.3 is 4.90 Å². The van der Waals surface area contributed by atoms with Crippen LogP contribution in [0, 0.1) is 29.6 Å². The standard InChI is InChI=1S/C30H27NO/c1-22-10-8-17-27-28(22)30(32)31(21-25-13-6-3-7-14-25)29(27)26-16-9-15-24(20-26)19-18-23-11-4-2-5-12-23/h2-9,11-17,20,22,27-29H,10,21H2,1H3/t22-,27+,28+,29-/m0/s1. The topological polar surface area (TPSA) is 20.3 Å². The van der Waals surface area contributed by atoms with Crippen molar-refractivity contribution in [1.82, 2.24) is 4.90 Å². The number of hydrogen-bond acceptors (Lipinski definition) is 1. The normalized spacial score (nSPS) is 24.0. The van der Waals surface area contributed by atoms with E-state index in [4.69, 9.17) is 0 Å². The van der Waals surface area contributed by atoms with Crippen LogP contribution in [-0.2, 0) is 11.3 Å². The summed E-state index contributed by atoms with van der Waals surface area (Å²) in [6, 6.07) is 28.8. The molecule has 0 N–H and O–H groups in total. The van der Waals surface area contributed by atoms with Crippen LogP contribution in [0.5, 0.6) is 0 Å². The Bertz CT molecular complexity index is 1190. The SMILES string of the molecule is C[C@H]1CC=C[C@@H]2[C@@H]1C(=O)N(Cc1ccccc1)[C@H]2c1cccc(C#Cc2ccccc2)c1. The van der Waals surface area contributed by atoms with Gasteiger partial charge in [-0.15, -0.1) is 0 Å². The molecular weight excluding hydrogens is 390 g/mol. The fraction of sp³-hybridized carbons (Fsp3) is 0.233. The van der Waals surface area contributed by atoms with E-state index >= 15 is 0 Å². The van der Waals surface area contributed by atoms with Crippen LogP contribution < -0.4 is 0 Å². The van der Waals surface area contributed by atoms with E-state index in [-0.39, 0.29) is 23.8 Å². The highest BCUT2D eigenvalue weighted by Crippen LogP contribution is 2.48. The molecule has 32 heavy (non-hydrogen) atoms. The second-order valence-corrected chi connectivity index (χ2v) is 8.88. The lowest BCUT2D eigenvalue weighted by Gasteiger charge is -2.29. The van der Waals surface area contributed by atoms with Gasteiger partial charge in [0.2, 0.25) is 5.91 Å². The number of fused-ring (bicyclic) bond motifs is 1. The van der Waals surface area contributed by atoms with Gasteiger partial charge in [0.05, 0.1) is 6.04 Å². The first-order valence-corrected chi connectivity index (χ1v) is 11.4. The maximum atomic E-state index is 13.6. The minimum atomic E-state index is 0.0326. The number of nitrogens with zero attached hydrogens (tertiary/aromatic N) is 1. The summed E-state index contributed by atoms with van der Waals surface area (Å²) < 4.78 is 0. The van der Waals surface area contributed by atoms with Crippen molar-refractivity contribution >= 4 is 5.91 Å². The second kappa shape index (κ2) is 8.89. The van der Waals surface area contributed by atoms with E-state index in [0.29, 0.717) is 12.5 Å². The lowest BCUT2D eigenvalue weighted by molar-refractivity contribution is -0.134. The molecule has 2 aliphatic rings. The lowest BCUT2D eigenvalue weighted by atomic mass is 9.75. The van der Waals surface area contributed by atoms with Crippen molar-refractivity contribution in [2.75, 3.05) is 0 Å². The van der Waals surface area contributed by atoms with Crippen LogP contribution in [0.4, 0.5) is 0 Å². The molecule has 2 nitrogen and oxygen atoms in total. The van der Waals surface area contributed by atoms with Crippen LogP contribution in [-0.4, -0.2) is 10.8 Å². The largest absolute Gasteiger partial charge is 0.330 e. The summed E-state index contributed by atoms with van der Waals surface area (Å²) in [5.41, 5.74) is 4.32. The third kappa shape index (κ3) is 3.99. The van der Waals surface area contributed by atoms with E-state index in [9.17, 15) is 4.79 Å². The molecule has 1 aliphatic carbocycles. The van der Waals surface area contributed by atoms with Gasteiger partial charge in [-0.2, -0.15) is 0 Å². The van der Waals surface area contributed by atoms with Crippen molar-refractivity contribution in [3.05, 3.63) is 119 Å². The van der Waals surface area contributed by atoms with Crippen molar-refractivity contribution in [3.8, 4) is 11.8 Å². The number of likely N-dealkylation sites (tertiary alicyclic amines) is 1. The van der Waals surface area contributed by atoms with E-state index in [0.717, 1.165) is 17.5 Å². The first-order chi connectivity index (χ1) is 15.7. The molecule has 0 saturated carbocycles. The van der Waals surface area contributed by atoms with E-state index in [1.54, 1.807) is 0 Å². The number of allylic oxidation sites excluding steroid dienone is 1. The van der Waals surface area contributed by atoms with Gasteiger partial charge in [-0.25, -0.2) is 0 Å². The monoisotopic (exact) mass is 417 g/mol. The number of amides is 1. The first-order valence-electron chi connectivity index (χ1n) is 11.4. The summed E-state index contributed by atoms with van der Waals surface area (Å²) in [7, 11) is 0. The molecular formula is C30H27NO. The molecule has 2 heteroatoms. The van der Waals surface area contributed by atoms with Crippen LogP contribution in [0.1, 0.15) is 41.6 Å². The molecule has 1 heterocycles. The van der Waals surface area contributed by atoms with Crippen LogP contribution in [0.3, 0.4) is 0 Å².